The Morgan fingerprint density at radius 2 is 2.18 bits per heavy atom. The van der Waals surface area contributed by atoms with Crippen LogP contribution in [0.25, 0.3) is 0 Å². The molecule has 0 saturated carbocycles. The van der Waals surface area contributed by atoms with Gasteiger partial charge in [-0.3, -0.25) is 25.5 Å². The molecule has 0 aliphatic heterocycles. The molecule has 2 N–H and O–H groups in total. The first-order valence-corrected chi connectivity index (χ1v) is 6.39. The van der Waals surface area contributed by atoms with Gasteiger partial charge in [-0.25, -0.2) is 0 Å². The van der Waals surface area contributed by atoms with Gasteiger partial charge in [0.15, 0.2) is 5.11 Å². The first-order chi connectivity index (χ1) is 10.4. The van der Waals surface area contributed by atoms with Gasteiger partial charge in [0.25, 0.3) is 17.5 Å². The van der Waals surface area contributed by atoms with E-state index in [0.717, 1.165) is 0 Å². The normalized spacial score (nSPS) is 10.1. The second kappa shape index (κ2) is 6.22. The van der Waals surface area contributed by atoms with Crippen LogP contribution in [0.2, 0.25) is 0 Å². The number of amides is 1. The standard InChI is InChI=1S/C11H11N7O3S/c1-6-7(4-3-5-8(6)18(20)21)9(19)12-11(22)13-10-14-16-17(2)15-10/h3-5H,1-2H3,(H2,12,13,15,19,22). The van der Waals surface area contributed by atoms with Crippen molar-refractivity contribution in [3.8, 4) is 0 Å². The molecule has 0 spiro atoms. The van der Waals surface area contributed by atoms with Crippen molar-refractivity contribution in [3.63, 3.8) is 0 Å². The van der Waals surface area contributed by atoms with Crippen molar-refractivity contribution in [1.29, 1.82) is 0 Å². The van der Waals surface area contributed by atoms with E-state index in [2.05, 4.69) is 26.0 Å². The first-order valence-electron chi connectivity index (χ1n) is 5.99. The summed E-state index contributed by atoms with van der Waals surface area (Å²) in [5.74, 6) is -0.439. The van der Waals surface area contributed by atoms with Crippen molar-refractivity contribution in [1.82, 2.24) is 25.5 Å². The number of nitrogens with one attached hydrogen (secondary N) is 2. The van der Waals surface area contributed by atoms with E-state index in [1.54, 1.807) is 7.05 Å². The summed E-state index contributed by atoms with van der Waals surface area (Å²) in [5.41, 5.74) is 0.276. The summed E-state index contributed by atoms with van der Waals surface area (Å²) >= 11 is 4.96. The van der Waals surface area contributed by atoms with Gasteiger partial charge >= 0.3 is 0 Å². The highest BCUT2D eigenvalue weighted by Gasteiger charge is 2.18. The lowest BCUT2D eigenvalue weighted by Crippen LogP contribution is -2.34. The van der Waals surface area contributed by atoms with Crippen LogP contribution < -0.4 is 10.6 Å². The minimum Gasteiger partial charge on any atom is -0.299 e. The minimum atomic E-state index is -0.567. The van der Waals surface area contributed by atoms with Gasteiger partial charge in [0.05, 0.1) is 12.0 Å². The van der Waals surface area contributed by atoms with Gasteiger partial charge in [-0.15, -0.1) is 5.10 Å². The van der Waals surface area contributed by atoms with Crippen LogP contribution in [0.3, 0.4) is 0 Å². The lowest BCUT2D eigenvalue weighted by molar-refractivity contribution is -0.385. The Labute approximate surface area is 129 Å². The van der Waals surface area contributed by atoms with Gasteiger partial charge in [0.1, 0.15) is 0 Å². The van der Waals surface area contributed by atoms with Crippen LogP contribution in [0.5, 0.6) is 0 Å². The zero-order valence-corrected chi connectivity index (χ0v) is 12.4. The van der Waals surface area contributed by atoms with E-state index in [1.165, 1.54) is 29.9 Å². The molecule has 1 aromatic heterocycles. The summed E-state index contributed by atoms with van der Waals surface area (Å²) in [6, 6.07) is 4.23. The number of anilines is 1. The third-order valence-electron chi connectivity index (χ3n) is 2.71. The van der Waals surface area contributed by atoms with Gasteiger partial charge in [-0.2, -0.15) is 4.80 Å². The quantitative estimate of drug-likeness (QED) is 0.476. The van der Waals surface area contributed by atoms with Gasteiger partial charge in [-0.05, 0) is 30.4 Å². The van der Waals surface area contributed by atoms with Crippen LogP contribution >= 0.6 is 12.2 Å². The Morgan fingerprint density at radius 3 is 2.77 bits per heavy atom. The van der Waals surface area contributed by atoms with Gasteiger partial charge in [-0.1, -0.05) is 11.2 Å². The third-order valence-corrected chi connectivity index (χ3v) is 2.91. The SMILES string of the molecule is Cc1c(C(=O)NC(=S)Nc2nnn(C)n2)cccc1[N+](=O)[O-]. The van der Waals surface area contributed by atoms with Crippen molar-refractivity contribution in [2.75, 3.05) is 5.32 Å². The number of hydrogen-bond acceptors (Lipinski definition) is 7. The molecule has 0 bridgehead atoms. The van der Waals surface area contributed by atoms with E-state index in [9.17, 15) is 14.9 Å². The molecule has 0 fully saturated rings. The number of nitrogens with zero attached hydrogens (tertiary/aromatic N) is 5. The molecule has 10 nitrogen and oxygen atoms in total. The summed E-state index contributed by atoms with van der Waals surface area (Å²) in [7, 11) is 1.58. The number of benzene rings is 1. The first kappa shape index (κ1) is 15.4. The number of tetrazole rings is 1. The molecule has 114 valence electrons. The topological polar surface area (TPSA) is 128 Å². The summed E-state index contributed by atoms with van der Waals surface area (Å²) < 4.78 is 0. The number of nitro benzene ring substituents is 1. The monoisotopic (exact) mass is 321 g/mol. The second-order valence-electron chi connectivity index (χ2n) is 4.22. The number of carbonyl (C=O) groups is 1. The molecule has 0 saturated heterocycles. The summed E-state index contributed by atoms with van der Waals surface area (Å²) in [5, 5.41) is 26.9. The Hall–Kier alpha value is -2.95. The third kappa shape index (κ3) is 3.38. The van der Waals surface area contributed by atoms with Crippen LogP contribution in [0, 0.1) is 17.0 Å². The number of carbonyl (C=O) groups excluding carboxylic acids is 1. The van der Waals surface area contributed by atoms with E-state index in [1.807, 2.05) is 0 Å². The molecular weight excluding hydrogens is 310 g/mol. The van der Waals surface area contributed by atoms with Crippen molar-refractivity contribution in [2.45, 2.75) is 6.92 Å². The average Bonchev–Trinajstić information content (AvgIpc) is 2.83. The second-order valence-corrected chi connectivity index (χ2v) is 4.63. The Kier molecular flexibility index (Phi) is 4.36. The van der Waals surface area contributed by atoms with E-state index in [-0.39, 0.29) is 27.9 Å². The van der Waals surface area contributed by atoms with Crippen LogP contribution in [-0.2, 0) is 7.05 Å². The predicted molar refractivity (Wildman–Crippen MR) is 80.3 cm³/mol. The molecular formula is C11H11N7O3S. The maximum Gasteiger partial charge on any atom is 0.273 e. The Morgan fingerprint density at radius 1 is 1.45 bits per heavy atom. The van der Waals surface area contributed by atoms with Crippen LogP contribution in [0.15, 0.2) is 18.2 Å². The van der Waals surface area contributed by atoms with Gasteiger partial charge in [0, 0.05) is 17.2 Å². The molecule has 1 heterocycles. The molecule has 22 heavy (non-hydrogen) atoms. The average molecular weight is 321 g/mol. The molecule has 2 rings (SSSR count). The number of aryl methyl sites for hydroxylation is 1. The Balaban J connectivity index is 2.10. The number of rotatable bonds is 3. The molecule has 11 heteroatoms. The summed E-state index contributed by atoms with van der Waals surface area (Å²) in [6.45, 7) is 1.49. The van der Waals surface area contributed by atoms with Gasteiger partial charge < -0.3 is 0 Å². The van der Waals surface area contributed by atoms with Crippen molar-refractivity contribution in [2.24, 2.45) is 7.05 Å². The zero-order valence-electron chi connectivity index (χ0n) is 11.6. The van der Waals surface area contributed by atoms with Crippen molar-refractivity contribution >= 4 is 34.9 Å². The van der Waals surface area contributed by atoms with Crippen molar-refractivity contribution in [3.05, 3.63) is 39.4 Å². The largest absolute Gasteiger partial charge is 0.299 e. The van der Waals surface area contributed by atoms with E-state index in [0.29, 0.717) is 0 Å². The number of nitro groups is 1. The fourth-order valence-electron chi connectivity index (χ4n) is 1.70. The zero-order chi connectivity index (χ0) is 16.3. The summed E-state index contributed by atoms with van der Waals surface area (Å²) in [6.07, 6.45) is 0. The highest BCUT2D eigenvalue weighted by atomic mass is 32.1. The molecule has 1 amide bonds. The molecule has 0 unspecified atom stereocenters. The molecule has 0 aliphatic rings. The lowest BCUT2D eigenvalue weighted by atomic mass is 10.1. The smallest absolute Gasteiger partial charge is 0.273 e. The fraction of sp³-hybridized carbons (Fsp3) is 0.182. The minimum absolute atomic E-state index is 0.0380. The molecule has 0 atom stereocenters. The fourth-order valence-corrected chi connectivity index (χ4v) is 1.89. The Bertz CT molecular complexity index is 758. The van der Waals surface area contributed by atoms with E-state index < -0.39 is 10.8 Å². The molecule has 0 radical (unpaired) electrons. The molecule has 2 aromatic rings. The number of aromatic nitrogens is 4. The maximum atomic E-state index is 12.1. The van der Waals surface area contributed by atoms with E-state index >= 15 is 0 Å². The number of thiocarbonyl (C=S) groups is 1. The van der Waals surface area contributed by atoms with Crippen LogP contribution in [0.1, 0.15) is 15.9 Å². The van der Waals surface area contributed by atoms with Crippen LogP contribution in [-0.4, -0.2) is 36.2 Å². The summed E-state index contributed by atoms with van der Waals surface area (Å²) in [4.78, 5) is 23.7. The van der Waals surface area contributed by atoms with Crippen LogP contribution in [0.4, 0.5) is 11.6 Å². The molecule has 1 aromatic carbocycles. The maximum absolute atomic E-state index is 12.1. The number of hydrogen-bond donors (Lipinski definition) is 2. The van der Waals surface area contributed by atoms with E-state index in [4.69, 9.17) is 12.2 Å². The molecule has 0 aliphatic carbocycles. The highest BCUT2D eigenvalue weighted by Crippen LogP contribution is 2.20. The van der Waals surface area contributed by atoms with Crippen molar-refractivity contribution < 1.29 is 9.72 Å². The lowest BCUT2D eigenvalue weighted by Gasteiger charge is -2.08. The highest BCUT2D eigenvalue weighted by molar-refractivity contribution is 7.80. The predicted octanol–water partition coefficient (Wildman–Crippen LogP) is 0.554. The van der Waals surface area contributed by atoms with Gasteiger partial charge in [0.2, 0.25) is 0 Å².